The average molecular weight is 406 g/mol. The Morgan fingerprint density at radius 1 is 1.31 bits per heavy atom. The number of amides is 1. The van der Waals surface area contributed by atoms with Crippen molar-refractivity contribution in [2.75, 3.05) is 17.7 Å². The van der Waals surface area contributed by atoms with Crippen LogP contribution in [0.3, 0.4) is 0 Å². The number of hydrogen-bond acceptors (Lipinski definition) is 5. The number of aromatic nitrogens is 2. The minimum absolute atomic E-state index is 0.0933. The highest BCUT2D eigenvalue weighted by Crippen LogP contribution is 2.43. The van der Waals surface area contributed by atoms with E-state index in [0.29, 0.717) is 17.2 Å². The summed E-state index contributed by atoms with van der Waals surface area (Å²) in [6, 6.07) is 8.56. The first-order valence-electron chi connectivity index (χ1n) is 8.77. The van der Waals surface area contributed by atoms with E-state index in [0.717, 1.165) is 4.68 Å². The fourth-order valence-corrected chi connectivity index (χ4v) is 3.26. The molecule has 0 bridgehead atoms. The predicted molar refractivity (Wildman–Crippen MR) is 98.0 cm³/mol. The molecular formula is C19H17F3N4O3. The van der Waals surface area contributed by atoms with Gasteiger partial charge in [-0.2, -0.15) is 18.3 Å². The van der Waals surface area contributed by atoms with E-state index in [-0.39, 0.29) is 17.9 Å². The molecule has 0 saturated heterocycles. The van der Waals surface area contributed by atoms with Crippen molar-refractivity contribution in [2.45, 2.75) is 24.7 Å². The highest BCUT2D eigenvalue weighted by molar-refractivity contribution is 6.03. The monoisotopic (exact) mass is 406 g/mol. The van der Waals surface area contributed by atoms with Gasteiger partial charge in [-0.1, -0.05) is 6.07 Å². The number of rotatable bonds is 4. The third-order valence-corrected chi connectivity index (χ3v) is 4.64. The van der Waals surface area contributed by atoms with Crippen LogP contribution in [0.1, 0.15) is 34.8 Å². The molecule has 0 fully saturated rings. The number of carbonyl (C=O) groups is 1. The predicted octanol–water partition coefficient (Wildman–Crippen LogP) is 4.40. The first kappa shape index (κ1) is 18.9. The smallest absolute Gasteiger partial charge is 0.410 e. The van der Waals surface area contributed by atoms with Crippen molar-refractivity contribution in [1.29, 1.82) is 0 Å². The fourth-order valence-electron chi connectivity index (χ4n) is 3.26. The molecule has 1 aliphatic heterocycles. The van der Waals surface area contributed by atoms with Crippen molar-refractivity contribution in [3.05, 3.63) is 60.2 Å². The second-order valence-electron chi connectivity index (χ2n) is 6.55. The van der Waals surface area contributed by atoms with Gasteiger partial charge >= 0.3 is 6.18 Å². The summed E-state index contributed by atoms with van der Waals surface area (Å²) >= 11 is 0. The zero-order valence-corrected chi connectivity index (χ0v) is 15.2. The zero-order chi connectivity index (χ0) is 20.6. The maximum Gasteiger partial charge on any atom is 0.410 e. The van der Waals surface area contributed by atoms with Crippen LogP contribution in [0.15, 0.2) is 53.1 Å². The van der Waals surface area contributed by atoms with Gasteiger partial charge in [-0.25, -0.2) is 4.68 Å². The SMILES string of the molecule is COc1cccc(NC(=O)c2cc3n(n2)[C@H](C(F)(F)F)C[C@@H](c2ccco2)N3)c1. The minimum Gasteiger partial charge on any atom is -0.497 e. The molecule has 3 aromatic rings. The van der Waals surface area contributed by atoms with Crippen LogP contribution in [0.2, 0.25) is 0 Å². The average Bonchev–Trinajstić information content (AvgIpc) is 3.36. The second kappa shape index (κ2) is 7.19. The van der Waals surface area contributed by atoms with Crippen LogP contribution < -0.4 is 15.4 Å². The van der Waals surface area contributed by atoms with Crippen LogP contribution in [0, 0.1) is 0 Å². The summed E-state index contributed by atoms with van der Waals surface area (Å²) in [5.74, 6) is 0.384. The van der Waals surface area contributed by atoms with Gasteiger partial charge in [0.2, 0.25) is 0 Å². The lowest BCUT2D eigenvalue weighted by Gasteiger charge is -2.32. The van der Waals surface area contributed by atoms with Crippen LogP contribution in [0.25, 0.3) is 0 Å². The lowest BCUT2D eigenvalue weighted by Crippen LogP contribution is -2.35. The molecule has 0 spiro atoms. The molecule has 4 rings (SSSR count). The summed E-state index contributed by atoms with van der Waals surface area (Å²) in [6.45, 7) is 0. The van der Waals surface area contributed by atoms with Crippen LogP contribution in [-0.2, 0) is 0 Å². The van der Waals surface area contributed by atoms with E-state index < -0.39 is 24.2 Å². The van der Waals surface area contributed by atoms with Crippen LogP contribution in [0.4, 0.5) is 24.7 Å². The van der Waals surface area contributed by atoms with Gasteiger partial charge in [0.1, 0.15) is 17.3 Å². The number of fused-ring (bicyclic) bond motifs is 1. The van der Waals surface area contributed by atoms with Crippen molar-refractivity contribution < 1.29 is 27.1 Å². The number of carbonyl (C=O) groups excluding carboxylic acids is 1. The molecule has 0 aliphatic carbocycles. The Balaban J connectivity index is 1.62. The van der Waals surface area contributed by atoms with Crippen molar-refractivity contribution >= 4 is 17.4 Å². The summed E-state index contributed by atoms with van der Waals surface area (Å²) in [5.41, 5.74) is 0.304. The number of benzene rings is 1. The normalized spacial score (nSPS) is 18.6. The quantitative estimate of drug-likeness (QED) is 0.671. The summed E-state index contributed by atoms with van der Waals surface area (Å²) in [4.78, 5) is 12.5. The molecule has 1 aromatic carbocycles. The molecule has 29 heavy (non-hydrogen) atoms. The molecule has 2 aromatic heterocycles. The number of methoxy groups -OCH3 is 1. The Labute approximate surface area is 163 Å². The zero-order valence-electron chi connectivity index (χ0n) is 15.2. The molecule has 152 valence electrons. The topological polar surface area (TPSA) is 81.3 Å². The summed E-state index contributed by atoms with van der Waals surface area (Å²) in [7, 11) is 1.49. The highest BCUT2D eigenvalue weighted by Gasteiger charge is 2.47. The van der Waals surface area contributed by atoms with Gasteiger partial charge in [-0.05, 0) is 24.3 Å². The largest absolute Gasteiger partial charge is 0.497 e. The second-order valence-corrected chi connectivity index (χ2v) is 6.55. The van der Waals surface area contributed by atoms with E-state index in [4.69, 9.17) is 9.15 Å². The van der Waals surface area contributed by atoms with Gasteiger partial charge in [0.05, 0.1) is 19.4 Å². The number of halogens is 3. The number of furan rings is 1. The lowest BCUT2D eigenvalue weighted by molar-refractivity contribution is -0.174. The van der Waals surface area contributed by atoms with E-state index in [1.165, 1.54) is 19.4 Å². The van der Waals surface area contributed by atoms with E-state index in [2.05, 4.69) is 15.7 Å². The van der Waals surface area contributed by atoms with Crippen LogP contribution in [-0.4, -0.2) is 29.0 Å². The molecule has 10 heteroatoms. The maximum atomic E-state index is 13.6. The summed E-state index contributed by atoms with van der Waals surface area (Å²) in [5, 5.41) is 9.49. The fraction of sp³-hybridized carbons (Fsp3) is 0.263. The Bertz CT molecular complexity index is 1010. The first-order chi connectivity index (χ1) is 13.8. The number of nitrogens with one attached hydrogen (secondary N) is 2. The number of hydrogen-bond donors (Lipinski definition) is 2. The number of ether oxygens (including phenoxy) is 1. The Morgan fingerprint density at radius 3 is 2.83 bits per heavy atom. The molecule has 7 nitrogen and oxygen atoms in total. The van der Waals surface area contributed by atoms with Crippen molar-refractivity contribution in [3.63, 3.8) is 0 Å². The van der Waals surface area contributed by atoms with Crippen molar-refractivity contribution in [3.8, 4) is 5.75 Å². The Morgan fingerprint density at radius 2 is 2.14 bits per heavy atom. The third-order valence-electron chi connectivity index (χ3n) is 4.64. The number of alkyl halides is 3. The maximum absolute atomic E-state index is 13.6. The van der Waals surface area contributed by atoms with Gasteiger partial charge in [0.25, 0.3) is 5.91 Å². The molecule has 1 aliphatic rings. The third kappa shape index (κ3) is 3.78. The molecular weight excluding hydrogens is 389 g/mol. The van der Waals surface area contributed by atoms with E-state index in [1.807, 2.05) is 0 Å². The minimum atomic E-state index is -4.53. The Hall–Kier alpha value is -3.43. The van der Waals surface area contributed by atoms with Gasteiger partial charge in [-0.15, -0.1) is 0 Å². The number of anilines is 2. The number of nitrogens with zero attached hydrogens (tertiary/aromatic N) is 2. The van der Waals surface area contributed by atoms with E-state index in [1.54, 1.807) is 36.4 Å². The molecule has 0 radical (unpaired) electrons. The standard InChI is InChI=1S/C19H17F3N4O3/c1-28-12-5-2-4-11(8-12)23-18(27)14-10-17-24-13(15-6-3-7-29-15)9-16(19(20,21)22)26(17)25-14/h2-8,10,13,16,24H,9H2,1H3,(H,23,27)/t13-,16-/m0/s1. The van der Waals surface area contributed by atoms with E-state index in [9.17, 15) is 18.0 Å². The van der Waals surface area contributed by atoms with E-state index >= 15 is 0 Å². The molecule has 0 unspecified atom stereocenters. The van der Waals surface area contributed by atoms with Gasteiger partial charge in [-0.3, -0.25) is 4.79 Å². The summed E-state index contributed by atoms with van der Waals surface area (Å²) < 4.78 is 52.1. The lowest BCUT2D eigenvalue weighted by atomic mass is 10.0. The molecule has 2 atom stereocenters. The van der Waals surface area contributed by atoms with Crippen LogP contribution in [0.5, 0.6) is 5.75 Å². The molecule has 0 saturated carbocycles. The first-order valence-corrected chi connectivity index (χ1v) is 8.77. The molecule has 2 N–H and O–H groups in total. The van der Waals surface area contributed by atoms with Crippen LogP contribution >= 0.6 is 0 Å². The Kier molecular flexibility index (Phi) is 4.69. The molecule has 3 heterocycles. The van der Waals surface area contributed by atoms with Gasteiger partial charge in [0, 0.05) is 24.2 Å². The van der Waals surface area contributed by atoms with Gasteiger partial charge in [0.15, 0.2) is 11.7 Å². The summed E-state index contributed by atoms with van der Waals surface area (Å²) in [6.07, 6.45) is -3.44. The molecule has 1 amide bonds. The van der Waals surface area contributed by atoms with Crippen molar-refractivity contribution in [2.24, 2.45) is 0 Å². The highest BCUT2D eigenvalue weighted by atomic mass is 19.4. The van der Waals surface area contributed by atoms with Crippen molar-refractivity contribution in [1.82, 2.24) is 9.78 Å². The van der Waals surface area contributed by atoms with Gasteiger partial charge < -0.3 is 19.8 Å².